The summed E-state index contributed by atoms with van der Waals surface area (Å²) in [6.45, 7) is 0. The number of aromatic nitrogens is 1. The fraction of sp³-hybridized carbons (Fsp3) is 0.160. The Kier molecular flexibility index (Phi) is 8.40. The Morgan fingerprint density at radius 1 is 0.938 bits per heavy atom. The van der Waals surface area contributed by atoms with Crippen LogP contribution in [0.5, 0.6) is 0 Å². The minimum absolute atomic E-state index is 0.164. The molecular weight excluding hydrogens is 426 g/mol. The highest BCUT2D eigenvalue weighted by Gasteiger charge is 2.09. The summed E-state index contributed by atoms with van der Waals surface area (Å²) in [6, 6.07) is 18.0. The minimum Gasteiger partial charge on any atom is -0.481 e. The van der Waals surface area contributed by atoms with Gasteiger partial charge in [0, 0.05) is 40.8 Å². The van der Waals surface area contributed by atoms with E-state index in [1.54, 1.807) is 36.7 Å². The lowest BCUT2D eigenvalue weighted by Crippen LogP contribution is -2.19. The Labute approximate surface area is 192 Å². The SMILES string of the molecule is O=C(O)CCCCC=C(c1cccnc1)c1cccc(NC(=O)Nc2cccc(Cl)c2)c1. The van der Waals surface area contributed by atoms with Gasteiger partial charge in [-0.3, -0.25) is 9.78 Å². The molecule has 7 heteroatoms. The van der Waals surface area contributed by atoms with Gasteiger partial charge in [-0.25, -0.2) is 4.79 Å². The van der Waals surface area contributed by atoms with E-state index >= 15 is 0 Å². The molecule has 0 radical (unpaired) electrons. The van der Waals surface area contributed by atoms with E-state index < -0.39 is 5.97 Å². The number of nitrogens with zero attached hydrogens (tertiary/aromatic N) is 1. The molecule has 0 spiro atoms. The first kappa shape index (κ1) is 23.0. The Morgan fingerprint density at radius 3 is 2.34 bits per heavy atom. The Hall–Kier alpha value is -3.64. The summed E-state index contributed by atoms with van der Waals surface area (Å²) < 4.78 is 0. The van der Waals surface area contributed by atoms with Gasteiger partial charge < -0.3 is 15.7 Å². The Morgan fingerprint density at radius 2 is 1.66 bits per heavy atom. The van der Waals surface area contributed by atoms with E-state index in [2.05, 4.69) is 21.7 Å². The number of hydrogen-bond donors (Lipinski definition) is 3. The molecule has 3 N–H and O–H groups in total. The van der Waals surface area contributed by atoms with Crippen LogP contribution < -0.4 is 10.6 Å². The Bertz CT molecular complexity index is 1100. The smallest absolute Gasteiger partial charge is 0.323 e. The van der Waals surface area contributed by atoms with Crippen LogP contribution in [-0.2, 0) is 4.79 Å². The first-order chi connectivity index (χ1) is 15.5. The van der Waals surface area contributed by atoms with E-state index in [4.69, 9.17) is 16.7 Å². The second-order valence-corrected chi connectivity index (χ2v) is 7.61. The summed E-state index contributed by atoms with van der Waals surface area (Å²) in [5.74, 6) is -0.781. The fourth-order valence-electron chi connectivity index (χ4n) is 3.22. The van der Waals surface area contributed by atoms with Gasteiger partial charge in [-0.1, -0.05) is 41.9 Å². The molecule has 0 bridgehead atoms. The Balaban J connectivity index is 1.75. The molecule has 0 saturated carbocycles. The van der Waals surface area contributed by atoms with Crippen molar-refractivity contribution >= 4 is 40.5 Å². The number of nitrogens with one attached hydrogen (secondary N) is 2. The normalized spacial score (nSPS) is 11.1. The fourth-order valence-corrected chi connectivity index (χ4v) is 3.41. The molecule has 32 heavy (non-hydrogen) atoms. The van der Waals surface area contributed by atoms with Gasteiger partial charge >= 0.3 is 12.0 Å². The van der Waals surface area contributed by atoms with Crippen molar-refractivity contribution in [1.29, 1.82) is 0 Å². The number of carbonyl (C=O) groups is 2. The average molecular weight is 450 g/mol. The van der Waals surface area contributed by atoms with Crippen LogP contribution in [0.2, 0.25) is 5.02 Å². The van der Waals surface area contributed by atoms with Gasteiger partial charge in [0.2, 0.25) is 0 Å². The molecule has 3 rings (SSSR count). The predicted octanol–water partition coefficient (Wildman–Crippen LogP) is 6.46. The summed E-state index contributed by atoms with van der Waals surface area (Å²) >= 11 is 5.97. The third kappa shape index (κ3) is 7.25. The summed E-state index contributed by atoms with van der Waals surface area (Å²) in [5.41, 5.74) is 4.10. The minimum atomic E-state index is -0.781. The van der Waals surface area contributed by atoms with Crippen molar-refractivity contribution in [2.45, 2.75) is 25.7 Å². The number of urea groups is 1. The second-order valence-electron chi connectivity index (χ2n) is 7.17. The molecule has 0 aliphatic rings. The zero-order valence-corrected chi connectivity index (χ0v) is 18.2. The van der Waals surface area contributed by atoms with E-state index in [-0.39, 0.29) is 12.5 Å². The maximum absolute atomic E-state index is 12.4. The van der Waals surface area contributed by atoms with Crippen LogP contribution in [0.15, 0.2) is 79.1 Å². The topological polar surface area (TPSA) is 91.3 Å². The number of unbranched alkanes of at least 4 members (excludes halogenated alkanes) is 2. The van der Waals surface area contributed by atoms with Crippen LogP contribution >= 0.6 is 11.6 Å². The van der Waals surface area contributed by atoms with Crippen LogP contribution in [0.1, 0.15) is 36.8 Å². The summed E-state index contributed by atoms with van der Waals surface area (Å²) in [7, 11) is 0. The van der Waals surface area contributed by atoms with Crippen molar-refractivity contribution in [2.75, 3.05) is 10.6 Å². The molecule has 2 amide bonds. The largest absolute Gasteiger partial charge is 0.481 e. The zero-order valence-electron chi connectivity index (χ0n) is 17.4. The number of benzene rings is 2. The number of amides is 2. The number of rotatable bonds is 9. The molecule has 3 aromatic rings. The summed E-state index contributed by atoms with van der Waals surface area (Å²) in [6.07, 6.45) is 7.89. The highest BCUT2D eigenvalue weighted by atomic mass is 35.5. The molecule has 0 unspecified atom stereocenters. The third-order valence-corrected chi connectivity index (χ3v) is 4.91. The first-order valence-electron chi connectivity index (χ1n) is 10.3. The molecule has 0 fully saturated rings. The van der Waals surface area contributed by atoms with E-state index in [0.717, 1.165) is 29.5 Å². The maximum atomic E-state index is 12.4. The number of carboxylic acids is 1. The van der Waals surface area contributed by atoms with E-state index in [0.29, 0.717) is 22.8 Å². The molecular formula is C25H24ClN3O3. The summed E-state index contributed by atoms with van der Waals surface area (Å²) in [4.78, 5) is 27.3. The van der Waals surface area contributed by atoms with Crippen molar-refractivity contribution in [3.63, 3.8) is 0 Å². The molecule has 2 aromatic carbocycles. The number of allylic oxidation sites excluding steroid dienone is 1. The van der Waals surface area contributed by atoms with Crippen molar-refractivity contribution in [2.24, 2.45) is 0 Å². The number of halogens is 1. The second kappa shape index (κ2) is 11.7. The van der Waals surface area contributed by atoms with Crippen molar-refractivity contribution in [3.8, 4) is 0 Å². The average Bonchev–Trinajstić information content (AvgIpc) is 2.77. The van der Waals surface area contributed by atoms with Gasteiger partial charge in [0.15, 0.2) is 0 Å². The van der Waals surface area contributed by atoms with Crippen molar-refractivity contribution < 1.29 is 14.7 Å². The molecule has 0 aliphatic carbocycles. The van der Waals surface area contributed by atoms with Crippen molar-refractivity contribution in [3.05, 3.63) is 95.3 Å². The number of carbonyl (C=O) groups excluding carboxylic acids is 1. The number of carboxylic acid groups (broad SMARTS) is 1. The zero-order chi connectivity index (χ0) is 22.8. The van der Waals surface area contributed by atoms with Gasteiger partial charge in [-0.05, 0) is 66.8 Å². The van der Waals surface area contributed by atoms with Crippen molar-refractivity contribution in [1.82, 2.24) is 4.98 Å². The summed E-state index contributed by atoms with van der Waals surface area (Å²) in [5, 5.41) is 15.0. The van der Waals surface area contributed by atoms with Crippen LogP contribution in [0.3, 0.4) is 0 Å². The molecule has 1 aromatic heterocycles. The molecule has 0 saturated heterocycles. The quantitative estimate of drug-likeness (QED) is 0.327. The lowest BCUT2D eigenvalue weighted by molar-refractivity contribution is -0.137. The highest BCUT2D eigenvalue weighted by Crippen LogP contribution is 2.26. The van der Waals surface area contributed by atoms with Crippen LogP contribution in [0.4, 0.5) is 16.2 Å². The van der Waals surface area contributed by atoms with Gasteiger partial charge in [0.05, 0.1) is 0 Å². The van der Waals surface area contributed by atoms with Gasteiger partial charge in [-0.15, -0.1) is 0 Å². The van der Waals surface area contributed by atoms with E-state index in [9.17, 15) is 9.59 Å². The third-order valence-electron chi connectivity index (χ3n) is 4.68. The van der Waals surface area contributed by atoms with Crippen LogP contribution in [0, 0.1) is 0 Å². The maximum Gasteiger partial charge on any atom is 0.323 e. The number of hydrogen-bond acceptors (Lipinski definition) is 3. The molecule has 0 atom stereocenters. The van der Waals surface area contributed by atoms with Crippen LogP contribution in [-0.4, -0.2) is 22.1 Å². The number of anilines is 2. The molecule has 1 heterocycles. The predicted molar refractivity (Wildman–Crippen MR) is 128 cm³/mol. The lowest BCUT2D eigenvalue weighted by Gasteiger charge is -2.12. The van der Waals surface area contributed by atoms with E-state index in [1.807, 2.05) is 36.4 Å². The standard InChI is InChI=1S/C25H24ClN3O3/c26-20-9-5-11-22(16-20)29-25(32)28-21-10-4-7-18(15-21)23(19-8-6-14-27-17-19)12-2-1-3-13-24(30)31/h4-12,14-17H,1-3,13H2,(H,30,31)(H2,28,29,32). The van der Waals surface area contributed by atoms with Gasteiger partial charge in [0.1, 0.15) is 0 Å². The van der Waals surface area contributed by atoms with Gasteiger partial charge in [0.25, 0.3) is 0 Å². The monoisotopic (exact) mass is 449 g/mol. The molecule has 0 aliphatic heterocycles. The number of aliphatic carboxylic acids is 1. The van der Waals surface area contributed by atoms with Gasteiger partial charge in [-0.2, -0.15) is 0 Å². The first-order valence-corrected chi connectivity index (χ1v) is 10.7. The lowest BCUT2D eigenvalue weighted by atomic mass is 9.97. The van der Waals surface area contributed by atoms with Crippen LogP contribution in [0.25, 0.3) is 5.57 Å². The molecule has 6 nitrogen and oxygen atoms in total. The molecule has 164 valence electrons. The number of pyridine rings is 1. The highest BCUT2D eigenvalue weighted by molar-refractivity contribution is 6.30. The van der Waals surface area contributed by atoms with E-state index in [1.165, 1.54) is 0 Å².